The van der Waals surface area contributed by atoms with Crippen molar-refractivity contribution >= 4 is 0 Å². The van der Waals surface area contributed by atoms with Gasteiger partial charge in [0.2, 0.25) is 0 Å². The lowest BCUT2D eigenvalue weighted by atomic mass is 9.96. The predicted molar refractivity (Wildman–Crippen MR) is 85.7 cm³/mol. The largest absolute Gasteiger partial charge is 0.314 e. The zero-order valence-corrected chi connectivity index (χ0v) is 13.6. The first-order chi connectivity index (χ1) is 9.22. The van der Waals surface area contributed by atoms with Crippen LogP contribution in [0.1, 0.15) is 72.1 Å². The van der Waals surface area contributed by atoms with Crippen LogP contribution in [0.25, 0.3) is 0 Å². The highest BCUT2D eigenvalue weighted by Crippen LogP contribution is 2.17. The molecule has 1 rings (SSSR count). The Kier molecular flexibility index (Phi) is 9.54. The zero-order valence-electron chi connectivity index (χ0n) is 13.6. The summed E-state index contributed by atoms with van der Waals surface area (Å²) in [5.74, 6) is 0.920. The van der Waals surface area contributed by atoms with Gasteiger partial charge in [-0.25, -0.2) is 0 Å². The van der Waals surface area contributed by atoms with Gasteiger partial charge in [-0.05, 0) is 51.4 Å². The predicted octanol–water partition coefficient (Wildman–Crippen LogP) is 4.06. The molecular weight excluding hydrogens is 232 g/mol. The first-order valence-corrected chi connectivity index (χ1v) is 8.68. The molecule has 114 valence electrons. The first kappa shape index (κ1) is 17.0. The summed E-state index contributed by atoms with van der Waals surface area (Å²) in [6, 6.07) is 0.640. The van der Waals surface area contributed by atoms with E-state index in [4.69, 9.17) is 0 Å². The molecule has 0 aromatic rings. The molecule has 0 amide bonds. The molecule has 1 saturated heterocycles. The molecule has 1 fully saturated rings. The van der Waals surface area contributed by atoms with Gasteiger partial charge >= 0.3 is 0 Å². The fourth-order valence-electron chi connectivity index (χ4n) is 2.93. The van der Waals surface area contributed by atoms with E-state index in [1.807, 2.05) is 0 Å². The molecule has 1 aliphatic rings. The number of hydrogen-bond acceptors (Lipinski definition) is 2. The average molecular weight is 268 g/mol. The fourth-order valence-corrected chi connectivity index (χ4v) is 2.93. The first-order valence-electron chi connectivity index (χ1n) is 8.68. The molecule has 0 saturated carbocycles. The third-order valence-corrected chi connectivity index (χ3v) is 4.35. The van der Waals surface area contributed by atoms with Gasteiger partial charge in [-0.15, -0.1) is 0 Å². The Morgan fingerprint density at radius 3 is 2.26 bits per heavy atom. The zero-order chi connectivity index (χ0) is 13.9. The Morgan fingerprint density at radius 2 is 1.63 bits per heavy atom. The summed E-state index contributed by atoms with van der Waals surface area (Å²) in [6.45, 7) is 12.0. The maximum atomic E-state index is 3.58. The Morgan fingerprint density at radius 1 is 1.00 bits per heavy atom. The van der Waals surface area contributed by atoms with Crippen molar-refractivity contribution in [1.29, 1.82) is 0 Å². The molecule has 1 aliphatic heterocycles. The maximum Gasteiger partial charge on any atom is 0.00104 e. The van der Waals surface area contributed by atoms with Crippen LogP contribution in [0, 0.1) is 5.92 Å². The third kappa shape index (κ3) is 8.65. The van der Waals surface area contributed by atoms with Gasteiger partial charge in [-0.2, -0.15) is 0 Å². The van der Waals surface area contributed by atoms with Crippen molar-refractivity contribution in [3.8, 4) is 0 Å². The second kappa shape index (κ2) is 10.7. The third-order valence-electron chi connectivity index (χ3n) is 4.35. The van der Waals surface area contributed by atoms with Crippen molar-refractivity contribution in [1.82, 2.24) is 10.2 Å². The van der Waals surface area contributed by atoms with E-state index in [1.54, 1.807) is 0 Å². The Balaban J connectivity index is 1.94. The van der Waals surface area contributed by atoms with Crippen LogP contribution in [0.2, 0.25) is 0 Å². The Labute approximate surface area is 121 Å². The van der Waals surface area contributed by atoms with Crippen LogP contribution in [0.3, 0.4) is 0 Å². The summed E-state index contributed by atoms with van der Waals surface area (Å²) in [7, 11) is 0. The minimum atomic E-state index is 0.640. The standard InChI is InChI=1S/C17H36N2/c1-4-5-6-7-8-9-12-19-13-10-17(11-14-19)15-18-16(2)3/h16-18H,4-15H2,1-3H3. The maximum absolute atomic E-state index is 3.58. The van der Waals surface area contributed by atoms with Crippen molar-refractivity contribution in [2.45, 2.75) is 78.2 Å². The number of unbranched alkanes of at least 4 members (excludes halogenated alkanes) is 5. The van der Waals surface area contributed by atoms with Crippen molar-refractivity contribution in [3.63, 3.8) is 0 Å². The molecule has 0 spiro atoms. The molecule has 0 radical (unpaired) electrons. The molecule has 0 bridgehead atoms. The quantitative estimate of drug-likeness (QED) is 0.601. The number of piperidine rings is 1. The highest BCUT2D eigenvalue weighted by atomic mass is 15.1. The van der Waals surface area contributed by atoms with Crippen LogP contribution in [-0.4, -0.2) is 37.1 Å². The van der Waals surface area contributed by atoms with Crippen LogP contribution >= 0.6 is 0 Å². The molecular formula is C17H36N2. The smallest absolute Gasteiger partial charge is 0.00104 e. The van der Waals surface area contributed by atoms with Gasteiger partial charge in [-0.1, -0.05) is 52.9 Å². The van der Waals surface area contributed by atoms with Crippen molar-refractivity contribution < 1.29 is 0 Å². The summed E-state index contributed by atoms with van der Waals surface area (Å²) in [6.07, 6.45) is 11.3. The summed E-state index contributed by atoms with van der Waals surface area (Å²) in [5.41, 5.74) is 0. The lowest BCUT2D eigenvalue weighted by Gasteiger charge is -2.32. The molecule has 1 heterocycles. The van der Waals surface area contributed by atoms with Crippen LogP contribution in [0.4, 0.5) is 0 Å². The van der Waals surface area contributed by atoms with Crippen LogP contribution in [-0.2, 0) is 0 Å². The monoisotopic (exact) mass is 268 g/mol. The minimum Gasteiger partial charge on any atom is -0.314 e. The Bertz CT molecular complexity index is 195. The molecule has 0 aliphatic carbocycles. The summed E-state index contributed by atoms with van der Waals surface area (Å²) < 4.78 is 0. The van der Waals surface area contributed by atoms with E-state index in [9.17, 15) is 0 Å². The van der Waals surface area contributed by atoms with Gasteiger partial charge in [-0.3, -0.25) is 0 Å². The highest BCUT2D eigenvalue weighted by Gasteiger charge is 2.18. The molecule has 2 nitrogen and oxygen atoms in total. The van der Waals surface area contributed by atoms with Gasteiger partial charge in [0, 0.05) is 6.04 Å². The van der Waals surface area contributed by atoms with Gasteiger partial charge in [0.1, 0.15) is 0 Å². The van der Waals surface area contributed by atoms with Crippen LogP contribution < -0.4 is 5.32 Å². The lowest BCUT2D eigenvalue weighted by Crippen LogP contribution is -2.39. The van der Waals surface area contributed by atoms with E-state index < -0.39 is 0 Å². The van der Waals surface area contributed by atoms with Crippen molar-refractivity contribution in [2.24, 2.45) is 5.92 Å². The van der Waals surface area contributed by atoms with Crippen molar-refractivity contribution in [3.05, 3.63) is 0 Å². The van der Waals surface area contributed by atoms with E-state index in [-0.39, 0.29) is 0 Å². The van der Waals surface area contributed by atoms with E-state index in [2.05, 4.69) is 31.0 Å². The number of likely N-dealkylation sites (tertiary alicyclic amines) is 1. The molecule has 0 unspecified atom stereocenters. The molecule has 19 heavy (non-hydrogen) atoms. The summed E-state index contributed by atoms with van der Waals surface area (Å²) in [4.78, 5) is 2.69. The van der Waals surface area contributed by atoms with E-state index >= 15 is 0 Å². The van der Waals surface area contributed by atoms with E-state index in [0.29, 0.717) is 6.04 Å². The second-order valence-electron chi connectivity index (χ2n) is 6.62. The number of nitrogens with zero attached hydrogens (tertiary/aromatic N) is 1. The molecule has 0 atom stereocenters. The highest BCUT2D eigenvalue weighted by molar-refractivity contribution is 4.74. The van der Waals surface area contributed by atoms with E-state index in [1.165, 1.54) is 77.5 Å². The van der Waals surface area contributed by atoms with E-state index in [0.717, 1.165) is 5.92 Å². The molecule has 0 aromatic heterocycles. The van der Waals surface area contributed by atoms with Crippen molar-refractivity contribution in [2.75, 3.05) is 26.2 Å². The molecule has 0 aromatic carbocycles. The van der Waals surface area contributed by atoms with Gasteiger partial charge < -0.3 is 10.2 Å². The van der Waals surface area contributed by atoms with Gasteiger partial charge in [0.05, 0.1) is 0 Å². The Hall–Kier alpha value is -0.0800. The second-order valence-corrected chi connectivity index (χ2v) is 6.62. The topological polar surface area (TPSA) is 15.3 Å². The van der Waals surface area contributed by atoms with Gasteiger partial charge in [0.25, 0.3) is 0 Å². The number of nitrogens with one attached hydrogen (secondary N) is 1. The van der Waals surface area contributed by atoms with Crippen LogP contribution in [0.15, 0.2) is 0 Å². The lowest BCUT2D eigenvalue weighted by molar-refractivity contribution is 0.178. The molecule has 2 heteroatoms. The van der Waals surface area contributed by atoms with Gasteiger partial charge in [0.15, 0.2) is 0 Å². The summed E-state index contributed by atoms with van der Waals surface area (Å²) >= 11 is 0. The minimum absolute atomic E-state index is 0.640. The normalized spacial score (nSPS) is 18.3. The summed E-state index contributed by atoms with van der Waals surface area (Å²) in [5, 5.41) is 3.58. The SMILES string of the molecule is CCCCCCCCN1CCC(CNC(C)C)CC1. The molecule has 1 N–H and O–H groups in total. The fraction of sp³-hybridized carbons (Fsp3) is 1.00. The van der Waals surface area contributed by atoms with Crippen LogP contribution in [0.5, 0.6) is 0 Å². The number of rotatable bonds is 10. The number of hydrogen-bond donors (Lipinski definition) is 1. The average Bonchev–Trinajstić information content (AvgIpc) is 2.41.